The van der Waals surface area contributed by atoms with Crippen LogP contribution in [0.15, 0.2) is 0 Å². The highest BCUT2D eigenvalue weighted by Gasteiger charge is 2.50. The lowest BCUT2D eigenvalue weighted by atomic mass is 9.68. The third kappa shape index (κ3) is 2.27. The molecule has 16 heavy (non-hydrogen) atoms. The molecule has 2 unspecified atom stereocenters. The number of aliphatic hydroxyl groups is 1. The van der Waals surface area contributed by atoms with Crippen molar-refractivity contribution in [1.29, 1.82) is 0 Å². The maximum absolute atomic E-state index is 11.1. The maximum atomic E-state index is 11.1. The summed E-state index contributed by atoms with van der Waals surface area (Å²) >= 11 is 1.91. The molecule has 94 valence electrons. The summed E-state index contributed by atoms with van der Waals surface area (Å²) in [7, 11) is 0. The molecular weight excluding hydrogens is 218 g/mol. The predicted molar refractivity (Wildman–Crippen MR) is 70.9 cm³/mol. The smallest absolute Gasteiger partial charge is 0.0940 e. The van der Waals surface area contributed by atoms with Gasteiger partial charge in [0.25, 0.3) is 0 Å². The van der Waals surface area contributed by atoms with Crippen molar-refractivity contribution >= 4 is 11.8 Å². The van der Waals surface area contributed by atoms with Crippen molar-refractivity contribution in [3.05, 3.63) is 0 Å². The van der Waals surface area contributed by atoms with Crippen LogP contribution >= 0.6 is 11.8 Å². The zero-order chi connectivity index (χ0) is 11.6. The molecule has 0 aliphatic carbocycles. The molecule has 0 aromatic rings. The van der Waals surface area contributed by atoms with Crippen LogP contribution in [-0.4, -0.2) is 34.8 Å². The van der Waals surface area contributed by atoms with Crippen LogP contribution in [0, 0.1) is 5.41 Å². The number of thioether (sulfide) groups is 1. The van der Waals surface area contributed by atoms with Crippen LogP contribution in [-0.2, 0) is 0 Å². The third-order valence-electron chi connectivity index (χ3n) is 4.50. The molecule has 0 amide bonds. The standard InChI is InChI=1S/C13H25NOS/c1-12(2)7-9-16-10-13(12,15)11-6-4-3-5-8-14-11/h11,14-15H,3-10H2,1-2H3. The Bertz CT molecular complexity index is 236. The highest BCUT2D eigenvalue weighted by atomic mass is 32.2. The molecule has 0 saturated carbocycles. The Labute approximate surface area is 104 Å². The van der Waals surface area contributed by atoms with E-state index in [4.69, 9.17) is 0 Å². The molecule has 0 bridgehead atoms. The molecule has 0 spiro atoms. The van der Waals surface area contributed by atoms with Crippen molar-refractivity contribution in [2.45, 2.75) is 57.6 Å². The van der Waals surface area contributed by atoms with E-state index >= 15 is 0 Å². The fourth-order valence-electron chi connectivity index (χ4n) is 2.98. The molecule has 2 N–H and O–H groups in total. The van der Waals surface area contributed by atoms with Crippen molar-refractivity contribution in [2.24, 2.45) is 5.41 Å². The number of rotatable bonds is 1. The first kappa shape index (κ1) is 12.7. The fraction of sp³-hybridized carbons (Fsp3) is 1.00. The summed E-state index contributed by atoms with van der Waals surface area (Å²) in [5, 5.41) is 14.6. The van der Waals surface area contributed by atoms with Crippen LogP contribution in [0.3, 0.4) is 0 Å². The largest absolute Gasteiger partial charge is 0.387 e. The Morgan fingerprint density at radius 2 is 2.06 bits per heavy atom. The first-order valence-electron chi connectivity index (χ1n) is 6.60. The topological polar surface area (TPSA) is 32.3 Å². The zero-order valence-electron chi connectivity index (χ0n) is 10.6. The Hall–Kier alpha value is 0.270. The van der Waals surface area contributed by atoms with Gasteiger partial charge in [-0.2, -0.15) is 11.8 Å². The molecule has 2 heterocycles. The number of hydrogen-bond donors (Lipinski definition) is 2. The summed E-state index contributed by atoms with van der Waals surface area (Å²) in [6, 6.07) is 0.304. The van der Waals surface area contributed by atoms with Crippen LogP contribution in [0.4, 0.5) is 0 Å². The average Bonchev–Trinajstić information content (AvgIpc) is 2.51. The van der Waals surface area contributed by atoms with E-state index in [2.05, 4.69) is 19.2 Å². The van der Waals surface area contributed by atoms with Gasteiger partial charge in [-0.15, -0.1) is 0 Å². The number of nitrogens with one attached hydrogen (secondary N) is 1. The molecule has 3 heteroatoms. The highest BCUT2D eigenvalue weighted by molar-refractivity contribution is 7.99. The van der Waals surface area contributed by atoms with Crippen molar-refractivity contribution in [3.8, 4) is 0 Å². The first-order valence-corrected chi connectivity index (χ1v) is 7.75. The summed E-state index contributed by atoms with van der Waals surface area (Å²) in [6.07, 6.45) is 6.11. The molecule has 2 nitrogen and oxygen atoms in total. The van der Waals surface area contributed by atoms with Gasteiger partial charge >= 0.3 is 0 Å². The van der Waals surface area contributed by atoms with Crippen LogP contribution in [0.5, 0.6) is 0 Å². The Morgan fingerprint density at radius 3 is 2.81 bits per heavy atom. The molecular formula is C13H25NOS. The van der Waals surface area contributed by atoms with Gasteiger partial charge in [0.15, 0.2) is 0 Å². The van der Waals surface area contributed by atoms with Crippen molar-refractivity contribution in [3.63, 3.8) is 0 Å². The minimum Gasteiger partial charge on any atom is -0.387 e. The fourth-order valence-corrected chi connectivity index (χ4v) is 4.68. The van der Waals surface area contributed by atoms with Crippen LogP contribution < -0.4 is 5.32 Å². The van der Waals surface area contributed by atoms with Crippen molar-refractivity contribution in [1.82, 2.24) is 5.32 Å². The van der Waals surface area contributed by atoms with Crippen LogP contribution in [0.25, 0.3) is 0 Å². The molecule has 2 fully saturated rings. The normalized spacial score (nSPS) is 40.3. The second kappa shape index (κ2) is 4.87. The van der Waals surface area contributed by atoms with E-state index in [0.29, 0.717) is 6.04 Å². The lowest BCUT2D eigenvalue weighted by Gasteiger charge is -2.50. The van der Waals surface area contributed by atoms with E-state index in [1.165, 1.54) is 25.0 Å². The molecule has 2 atom stereocenters. The van der Waals surface area contributed by atoms with E-state index < -0.39 is 5.60 Å². The van der Waals surface area contributed by atoms with Gasteiger partial charge in [-0.25, -0.2) is 0 Å². The predicted octanol–water partition coefficient (Wildman–Crippen LogP) is 2.41. The van der Waals surface area contributed by atoms with Gasteiger partial charge in [-0.1, -0.05) is 26.7 Å². The Morgan fingerprint density at radius 1 is 1.25 bits per heavy atom. The van der Waals surface area contributed by atoms with Crippen molar-refractivity contribution in [2.75, 3.05) is 18.1 Å². The van der Waals surface area contributed by atoms with Gasteiger partial charge in [-0.05, 0) is 37.0 Å². The molecule has 2 aliphatic rings. The summed E-state index contributed by atoms with van der Waals surface area (Å²) in [4.78, 5) is 0. The van der Waals surface area contributed by atoms with Gasteiger partial charge in [0, 0.05) is 11.8 Å². The van der Waals surface area contributed by atoms with Gasteiger partial charge < -0.3 is 10.4 Å². The van der Waals surface area contributed by atoms with Crippen LogP contribution in [0.2, 0.25) is 0 Å². The van der Waals surface area contributed by atoms with Gasteiger partial charge in [0.05, 0.1) is 5.60 Å². The average molecular weight is 243 g/mol. The van der Waals surface area contributed by atoms with E-state index in [9.17, 15) is 5.11 Å². The zero-order valence-corrected chi connectivity index (χ0v) is 11.4. The SMILES string of the molecule is CC1(C)CCSCC1(O)C1CCCCCN1. The minimum absolute atomic E-state index is 0.0558. The lowest BCUT2D eigenvalue weighted by molar-refractivity contribution is -0.0812. The molecule has 2 saturated heterocycles. The quantitative estimate of drug-likeness (QED) is 0.742. The second-order valence-corrected chi connectivity index (χ2v) is 7.07. The Kier molecular flexibility index (Phi) is 3.87. The van der Waals surface area contributed by atoms with Gasteiger partial charge in [0.2, 0.25) is 0 Å². The van der Waals surface area contributed by atoms with E-state index in [-0.39, 0.29) is 5.41 Å². The summed E-state index contributed by atoms with van der Waals surface area (Å²) in [5.41, 5.74) is -0.458. The van der Waals surface area contributed by atoms with Gasteiger partial charge in [0.1, 0.15) is 0 Å². The van der Waals surface area contributed by atoms with Crippen LogP contribution in [0.1, 0.15) is 46.0 Å². The first-order chi connectivity index (χ1) is 7.56. The molecule has 2 rings (SSSR count). The van der Waals surface area contributed by atoms with E-state index in [0.717, 1.165) is 25.1 Å². The van der Waals surface area contributed by atoms with Crippen molar-refractivity contribution < 1.29 is 5.11 Å². The van der Waals surface area contributed by atoms with E-state index in [1.807, 2.05) is 11.8 Å². The molecule has 0 radical (unpaired) electrons. The molecule has 0 aromatic carbocycles. The minimum atomic E-state index is -0.514. The highest BCUT2D eigenvalue weighted by Crippen LogP contribution is 2.45. The maximum Gasteiger partial charge on any atom is 0.0940 e. The van der Waals surface area contributed by atoms with Gasteiger partial charge in [-0.3, -0.25) is 0 Å². The molecule has 0 aromatic heterocycles. The van der Waals surface area contributed by atoms with E-state index in [1.54, 1.807) is 0 Å². The summed E-state index contributed by atoms with van der Waals surface area (Å²) in [5.74, 6) is 2.10. The third-order valence-corrected chi connectivity index (χ3v) is 5.64. The second-order valence-electron chi connectivity index (χ2n) is 5.97. The number of hydrogen-bond acceptors (Lipinski definition) is 3. The summed E-state index contributed by atoms with van der Waals surface area (Å²) in [6.45, 7) is 5.55. The summed E-state index contributed by atoms with van der Waals surface area (Å²) < 4.78 is 0. The Balaban J connectivity index is 2.14. The monoisotopic (exact) mass is 243 g/mol. The lowest BCUT2D eigenvalue weighted by Crippen LogP contribution is -2.62. The molecule has 2 aliphatic heterocycles.